The molecule has 2 N–H and O–H groups in total. The second-order valence-corrected chi connectivity index (χ2v) is 7.17. The van der Waals surface area contributed by atoms with Gasteiger partial charge in [0, 0.05) is 20.1 Å². The van der Waals surface area contributed by atoms with Gasteiger partial charge in [-0.2, -0.15) is 0 Å². The van der Waals surface area contributed by atoms with Gasteiger partial charge in [-0.1, -0.05) is 6.42 Å². The molecule has 9 heteroatoms. The zero-order chi connectivity index (χ0) is 19.0. The van der Waals surface area contributed by atoms with Crippen molar-refractivity contribution in [2.45, 2.75) is 51.4 Å². The standard InChI is InChI=1S/C17H27N5O4/c1-11-6-4-5-7-21(11)9-13-18-15-14(22(13)8-12(24)10-23)16(25)20(3)17(26)19(15)2/h11-12,23-24H,4-10H2,1-3H3/t11-,12+/m1/s1. The molecule has 2 aromatic heterocycles. The first kappa shape index (κ1) is 18.8. The molecular formula is C17H27N5O4. The average Bonchev–Trinajstić information content (AvgIpc) is 2.98. The molecule has 2 atom stereocenters. The van der Waals surface area contributed by atoms with E-state index in [-0.39, 0.29) is 12.1 Å². The normalized spacial score (nSPS) is 20.0. The highest BCUT2D eigenvalue weighted by atomic mass is 16.3. The number of likely N-dealkylation sites (tertiary alicyclic amines) is 1. The first-order valence-corrected chi connectivity index (χ1v) is 9.03. The van der Waals surface area contributed by atoms with Crippen LogP contribution in [0.4, 0.5) is 0 Å². The van der Waals surface area contributed by atoms with Crippen LogP contribution in [-0.4, -0.2) is 59.1 Å². The minimum absolute atomic E-state index is 0.0536. The fourth-order valence-electron chi connectivity index (χ4n) is 3.65. The molecule has 0 amide bonds. The minimum Gasteiger partial charge on any atom is -0.394 e. The highest BCUT2D eigenvalue weighted by Crippen LogP contribution is 2.20. The Kier molecular flexibility index (Phi) is 5.31. The maximum atomic E-state index is 12.7. The number of nitrogens with zero attached hydrogens (tertiary/aromatic N) is 5. The predicted molar refractivity (Wildman–Crippen MR) is 97.0 cm³/mol. The molecule has 0 radical (unpaired) electrons. The van der Waals surface area contributed by atoms with Crippen LogP contribution in [0.25, 0.3) is 11.2 Å². The van der Waals surface area contributed by atoms with Crippen molar-refractivity contribution in [1.82, 2.24) is 23.6 Å². The third-order valence-corrected chi connectivity index (χ3v) is 5.32. The average molecular weight is 365 g/mol. The van der Waals surface area contributed by atoms with Gasteiger partial charge in [0.2, 0.25) is 0 Å². The monoisotopic (exact) mass is 365 g/mol. The summed E-state index contributed by atoms with van der Waals surface area (Å²) < 4.78 is 4.04. The Bertz CT molecular complexity index is 912. The van der Waals surface area contributed by atoms with E-state index in [1.807, 2.05) is 0 Å². The van der Waals surface area contributed by atoms with Crippen molar-refractivity contribution < 1.29 is 10.2 Å². The van der Waals surface area contributed by atoms with Crippen LogP contribution in [0.2, 0.25) is 0 Å². The Balaban J connectivity index is 2.16. The number of hydrogen-bond acceptors (Lipinski definition) is 6. The molecule has 1 saturated heterocycles. The van der Waals surface area contributed by atoms with Crippen molar-refractivity contribution in [1.29, 1.82) is 0 Å². The number of piperidine rings is 1. The predicted octanol–water partition coefficient (Wildman–Crippen LogP) is -0.839. The van der Waals surface area contributed by atoms with Gasteiger partial charge in [-0.3, -0.25) is 18.8 Å². The van der Waals surface area contributed by atoms with E-state index >= 15 is 0 Å². The lowest BCUT2D eigenvalue weighted by Crippen LogP contribution is -2.38. The second-order valence-electron chi connectivity index (χ2n) is 7.17. The van der Waals surface area contributed by atoms with Gasteiger partial charge in [-0.05, 0) is 26.3 Å². The first-order valence-electron chi connectivity index (χ1n) is 9.03. The van der Waals surface area contributed by atoms with Gasteiger partial charge in [0.15, 0.2) is 11.2 Å². The quantitative estimate of drug-likeness (QED) is 0.716. The molecule has 1 aliphatic heterocycles. The van der Waals surface area contributed by atoms with Crippen LogP contribution in [0.5, 0.6) is 0 Å². The van der Waals surface area contributed by atoms with Crippen molar-refractivity contribution in [2.24, 2.45) is 14.1 Å². The molecule has 26 heavy (non-hydrogen) atoms. The van der Waals surface area contributed by atoms with E-state index in [1.165, 1.54) is 18.0 Å². The number of imidazole rings is 1. The molecule has 9 nitrogen and oxygen atoms in total. The lowest BCUT2D eigenvalue weighted by molar-refractivity contribution is 0.0796. The number of rotatable bonds is 5. The van der Waals surface area contributed by atoms with Gasteiger partial charge >= 0.3 is 5.69 Å². The minimum atomic E-state index is -1.01. The van der Waals surface area contributed by atoms with E-state index in [9.17, 15) is 19.8 Å². The Hall–Kier alpha value is -1.97. The van der Waals surface area contributed by atoms with E-state index in [0.717, 1.165) is 24.0 Å². The van der Waals surface area contributed by atoms with Crippen LogP contribution in [0, 0.1) is 0 Å². The molecule has 3 heterocycles. The number of hydrogen-bond donors (Lipinski definition) is 2. The Labute approximate surface area is 151 Å². The van der Waals surface area contributed by atoms with Crippen LogP contribution in [-0.2, 0) is 27.2 Å². The zero-order valence-corrected chi connectivity index (χ0v) is 15.6. The molecule has 1 fully saturated rings. The summed E-state index contributed by atoms with van der Waals surface area (Å²) in [6, 6.07) is 0.409. The van der Waals surface area contributed by atoms with E-state index in [0.29, 0.717) is 24.1 Å². The summed E-state index contributed by atoms with van der Waals surface area (Å²) in [4.78, 5) is 31.8. The molecule has 144 valence electrons. The number of fused-ring (bicyclic) bond motifs is 1. The Morgan fingerprint density at radius 3 is 2.62 bits per heavy atom. The van der Waals surface area contributed by atoms with Gasteiger partial charge in [0.1, 0.15) is 5.82 Å². The largest absolute Gasteiger partial charge is 0.394 e. The van der Waals surface area contributed by atoms with Gasteiger partial charge < -0.3 is 14.8 Å². The molecule has 0 unspecified atom stereocenters. The molecule has 1 aliphatic rings. The summed E-state index contributed by atoms with van der Waals surface area (Å²) >= 11 is 0. The number of aryl methyl sites for hydroxylation is 1. The van der Waals surface area contributed by atoms with Crippen LogP contribution in [0.15, 0.2) is 9.59 Å². The van der Waals surface area contributed by atoms with Crippen molar-refractivity contribution >= 4 is 11.2 Å². The SMILES string of the molecule is C[C@@H]1CCCCN1Cc1nc2c(c(=O)n(C)c(=O)n2C)n1C[C@H](O)CO. The highest BCUT2D eigenvalue weighted by molar-refractivity contribution is 5.71. The van der Waals surface area contributed by atoms with Gasteiger partial charge in [0.25, 0.3) is 5.56 Å². The van der Waals surface area contributed by atoms with Crippen molar-refractivity contribution in [3.8, 4) is 0 Å². The molecule has 0 saturated carbocycles. The van der Waals surface area contributed by atoms with E-state index in [4.69, 9.17) is 0 Å². The van der Waals surface area contributed by atoms with Crippen molar-refractivity contribution in [3.05, 3.63) is 26.7 Å². The molecule has 0 bridgehead atoms. The van der Waals surface area contributed by atoms with Crippen molar-refractivity contribution in [3.63, 3.8) is 0 Å². The van der Waals surface area contributed by atoms with Gasteiger partial charge in [0.05, 0.1) is 25.8 Å². The number of aliphatic hydroxyl groups is 2. The summed E-state index contributed by atoms with van der Waals surface area (Å²) in [5, 5.41) is 19.2. The molecular weight excluding hydrogens is 338 g/mol. The fraction of sp³-hybridized carbons (Fsp3) is 0.706. The maximum Gasteiger partial charge on any atom is 0.332 e. The summed E-state index contributed by atoms with van der Waals surface area (Å²) in [5.74, 6) is 0.625. The molecule has 0 spiro atoms. The number of aromatic nitrogens is 4. The fourth-order valence-corrected chi connectivity index (χ4v) is 3.65. The highest BCUT2D eigenvalue weighted by Gasteiger charge is 2.24. The summed E-state index contributed by atoms with van der Waals surface area (Å²) in [6.45, 7) is 3.29. The smallest absolute Gasteiger partial charge is 0.332 e. The van der Waals surface area contributed by atoms with Crippen LogP contribution < -0.4 is 11.2 Å². The maximum absolute atomic E-state index is 12.7. The topological polar surface area (TPSA) is 106 Å². The Morgan fingerprint density at radius 2 is 1.96 bits per heavy atom. The van der Waals surface area contributed by atoms with E-state index in [2.05, 4.69) is 16.8 Å². The summed E-state index contributed by atoms with van der Waals surface area (Å²) in [6.07, 6.45) is 2.42. The third-order valence-electron chi connectivity index (χ3n) is 5.32. The van der Waals surface area contributed by atoms with Crippen LogP contribution in [0.3, 0.4) is 0 Å². The van der Waals surface area contributed by atoms with E-state index in [1.54, 1.807) is 11.6 Å². The van der Waals surface area contributed by atoms with Crippen LogP contribution >= 0.6 is 0 Å². The lowest BCUT2D eigenvalue weighted by atomic mass is 10.0. The molecule has 0 aliphatic carbocycles. The summed E-state index contributed by atoms with van der Waals surface area (Å²) in [7, 11) is 3.01. The van der Waals surface area contributed by atoms with Gasteiger partial charge in [-0.15, -0.1) is 0 Å². The molecule has 0 aromatic carbocycles. The molecule has 2 aromatic rings. The van der Waals surface area contributed by atoms with E-state index < -0.39 is 24.0 Å². The Morgan fingerprint density at radius 1 is 1.23 bits per heavy atom. The summed E-state index contributed by atoms with van der Waals surface area (Å²) in [5.41, 5.74) is -0.295. The van der Waals surface area contributed by atoms with Crippen molar-refractivity contribution in [2.75, 3.05) is 13.2 Å². The zero-order valence-electron chi connectivity index (χ0n) is 15.6. The third kappa shape index (κ3) is 3.22. The van der Waals surface area contributed by atoms with Gasteiger partial charge in [-0.25, -0.2) is 9.78 Å². The first-order chi connectivity index (χ1) is 12.3. The van der Waals surface area contributed by atoms with Crippen LogP contribution in [0.1, 0.15) is 32.0 Å². The second kappa shape index (κ2) is 7.34. The lowest BCUT2D eigenvalue weighted by Gasteiger charge is -2.33. The number of aliphatic hydroxyl groups excluding tert-OH is 2. The molecule has 3 rings (SSSR count).